The van der Waals surface area contributed by atoms with Gasteiger partial charge in [0, 0.05) is 4.47 Å². The molecule has 0 N–H and O–H groups in total. The predicted molar refractivity (Wildman–Crippen MR) is 151 cm³/mol. The third-order valence-corrected chi connectivity index (χ3v) is 6.88. The summed E-state index contributed by atoms with van der Waals surface area (Å²) in [6.07, 6.45) is 5.09. The van der Waals surface area contributed by atoms with Crippen LogP contribution in [0.2, 0.25) is 0 Å². The molecule has 1 aliphatic rings. The number of carbonyl (C=O) groups excluding carboxylic acids is 1. The third kappa shape index (κ3) is 6.67. The lowest BCUT2D eigenvalue weighted by Crippen LogP contribution is -2.28. The van der Waals surface area contributed by atoms with Crippen LogP contribution < -0.4 is 4.74 Å². The molecule has 5 rings (SSSR count). The zero-order valence-corrected chi connectivity index (χ0v) is 22.1. The van der Waals surface area contributed by atoms with E-state index in [1.54, 1.807) is 23.4 Å². The summed E-state index contributed by atoms with van der Waals surface area (Å²) in [4.78, 5) is 15.5. The third-order valence-electron chi connectivity index (χ3n) is 5.39. The summed E-state index contributed by atoms with van der Waals surface area (Å²) in [5, 5.41) is 9.08. The summed E-state index contributed by atoms with van der Waals surface area (Å²) in [6.45, 7) is 0.736. The second-order valence-electron chi connectivity index (χ2n) is 8.11. The van der Waals surface area contributed by atoms with E-state index in [1.807, 2.05) is 91.0 Å². The number of furan rings is 1. The molecule has 3 aromatic carbocycles. The van der Waals surface area contributed by atoms with Crippen molar-refractivity contribution in [2.45, 2.75) is 13.2 Å². The molecule has 184 valence electrons. The maximum atomic E-state index is 13.3. The lowest BCUT2D eigenvalue weighted by molar-refractivity contribution is -0.122. The first-order valence-electron chi connectivity index (χ1n) is 11.5. The molecule has 1 aliphatic heterocycles. The maximum absolute atomic E-state index is 13.3. The van der Waals surface area contributed by atoms with Gasteiger partial charge in [-0.05, 0) is 70.9 Å². The number of carbonyl (C=O) groups is 1. The second kappa shape index (κ2) is 11.9. The van der Waals surface area contributed by atoms with E-state index in [2.05, 4.69) is 26.1 Å². The average Bonchev–Trinajstić information content (AvgIpc) is 3.53. The van der Waals surface area contributed by atoms with Crippen LogP contribution in [0, 0.1) is 0 Å². The lowest BCUT2D eigenvalue weighted by Gasteiger charge is -2.12. The number of amidine groups is 1. The average molecular weight is 572 g/mol. The van der Waals surface area contributed by atoms with Crippen LogP contribution in [0.3, 0.4) is 0 Å². The summed E-state index contributed by atoms with van der Waals surface area (Å²) in [6, 6.07) is 29.0. The number of halogens is 1. The number of hydrogen-bond acceptors (Lipinski definition) is 6. The van der Waals surface area contributed by atoms with Gasteiger partial charge >= 0.3 is 0 Å². The lowest BCUT2D eigenvalue weighted by atomic mass is 10.2. The second-order valence-corrected chi connectivity index (χ2v) is 10.0. The van der Waals surface area contributed by atoms with Gasteiger partial charge in [0.15, 0.2) is 5.17 Å². The summed E-state index contributed by atoms with van der Waals surface area (Å²) in [5.41, 5.74) is 2.84. The van der Waals surface area contributed by atoms with E-state index in [1.165, 1.54) is 11.8 Å². The quantitative estimate of drug-likeness (QED) is 0.128. The first-order valence-corrected chi connectivity index (χ1v) is 13.1. The van der Waals surface area contributed by atoms with Crippen LogP contribution in [0.15, 0.2) is 121 Å². The molecule has 0 radical (unpaired) electrons. The molecule has 1 aromatic heterocycles. The van der Waals surface area contributed by atoms with Crippen LogP contribution in [-0.2, 0) is 17.9 Å². The Labute approximate surface area is 227 Å². The van der Waals surface area contributed by atoms with Crippen molar-refractivity contribution >= 4 is 51.1 Å². The molecular weight excluding hydrogens is 550 g/mol. The Hall–Kier alpha value is -3.88. The topological polar surface area (TPSA) is 67.4 Å². The fraction of sp³-hybridized carbons (Fsp3) is 0.0690. The normalized spacial score (nSPS) is 15.8. The number of amides is 1. The Balaban J connectivity index is 1.36. The number of ether oxygens (including phenoxy) is 1. The highest BCUT2D eigenvalue weighted by Crippen LogP contribution is 2.34. The van der Waals surface area contributed by atoms with Gasteiger partial charge in [-0.2, -0.15) is 5.10 Å². The Morgan fingerprint density at radius 1 is 0.946 bits per heavy atom. The number of benzene rings is 3. The van der Waals surface area contributed by atoms with Gasteiger partial charge in [0.05, 0.1) is 23.9 Å². The van der Waals surface area contributed by atoms with Crippen molar-refractivity contribution in [3.63, 3.8) is 0 Å². The number of rotatable bonds is 8. The minimum Gasteiger partial charge on any atom is -0.489 e. The van der Waals surface area contributed by atoms with Gasteiger partial charge in [0.25, 0.3) is 5.91 Å². The van der Waals surface area contributed by atoms with Crippen LogP contribution in [0.4, 0.5) is 0 Å². The molecule has 6 nitrogen and oxygen atoms in total. The van der Waals surface area contributed by atoms with Gasteiger partial charge in [0.1, 0.15) is 18.1 Å². The number of hydrogen-bond donors (Lipinski definition) is 0. The van der Waals surface area contributed by atoms with Crippen molar-refractivity contribution in [3.8, 4) is 5.75 Å². The fourth-order valence-electron chi connectivity index (χ4n) is 3.60. The van der Waals surface area contributed by atoms with Crippen LogP contribution in [0.25, 0.3) is 6.08 Å². The molecule has 0 aliphatic carbocycles. The fourth-order valence-corrected chi connectivity index (χ4v) is 4.95. The van der Waals surface area contributed by atoms with Gasteiger partial charge in [0.2, 0.25) is 0 Å². The summed E-state index contributed by atoms with van der Waals surface area (Å²) < 4.78 is 12.4. The summed E-state index contributed by atoms with van der Waals surface area (Å²) >= 11 is 4.74. The Bertz CT molecular complexity index is 1470. The van der Waals surface area contributed by atoms with Gasteiger partial charge in [-0.15, -0.1) is 5.10 Å². The molecule has 0 bridgehead atoms. The van der Waals surface area contributed by atoms with Gasteiger partial charge in [-0.3, -0.25) is 9.69 Å². The Morgan fingerprint density at radius 2 is 1.78 bits per heavy atom. The maximum Gasteiger partial charge on any atom is 0.267 e. The zero-order chi connectivity index (χ0) is 25.5. The predicted octanol–water partition coefficient (Wildman–Crippen LogP) is 7.13. The molecule has 0 spiro atoms. The molecule has 2 heterocycles. The summed E-state index contributed by atoms with van der Waals surface area (Å²) in [7, 11) is 0. The first kappa shape index (κ1) is 24.8. The minimum absolute atomic E-state index is 0.159. The smallest absolute Gasteiger partial charge is 0.267 e. The van der Waals surface area contributed by atoms with Crippen LogP contribution in [0.1, 0.15) is 22.5 Å². The molecule has 1 saturated heterocycles. The van der Waals surface area contributed by atoms with E-state index in [0.29, 0.717) is 22.4 Å². The van der Waals surface area contributed by atoms with Crippen LogP contribution in [-0.4, -0.2) is 22.2 Å². The molecule has 0 saturated carbocycles. The van der Waals surface area contributed by atoms with Crippen molar-refractivity contribution in [3.05, 3.63) is 129 Å². The number of nitrogens with zero attached hydrogens (tertiary/aromatic N) is 3. The zero-order valence-electron chi connectivity index (χ0n) is 19.7. The van der Waals surface area contributed by atoms with E-state index in [9.17, 15) is 4.79 Å². The highest BCUT2D eigenvalue weighted by Gasteiger charge is 2.34. The van der Waals surface area contributed by atoms with Crippen molar-refractivity contribution in [1.82, 2.24) is 4.90 Å². The highest BCUT2D eigenvalue weighted by molar-refractivity contribution is 9.10. The van der Waals surface area contributed by atoms with Crippen molar-refractivity contribution < 1.29 is 13.9 Å². The largest absolute Gasteiger partial charge is 0.489 e. The van der Waals surface area contributed by atoms with Gasteiger partial charge in [-0.25, -0.2) is 0 Å². The standard InChI is InChI=1S/C29H22BrN3O3S/c30-24-11-4-10-23(15-24)18-31-32-29-33(19-26-13-6-14-35-26)28(34)27(37-29)17-22-9-5-12-25(16-22)36-20-21-7-2-1-3-8-21/h1-18H,19-20H2/b27-17-,31-18+,32-29-. The van der Waals surface area contributed by atoms with Crippen molar-refractivity contribution in [2.75, 3.05) is 0 Å². The SMILES string of the molecule is O=C1/C(=C/c2cccc(OCc3ccccc3)c2)S/C(=N\N=C\c2cccc(Br)c2)N1Cc1ccco1. The molecule has 4 aromatic rings. The Morgan fingerprint density at radius 3 is 2.59 bits per heavy atom. The van der Waals surface area contributed by atoms with E-state index in [4.69, 9.17) is 9.15 Å². The van der Waals surface area contributed by atoms with Crippen LogP contribution in [0.5, 0.6) is 5.75 Å². The molecule has 0 unspecified atom stereocenters. The molecular formula is C29H22BrN3O3S. The Kier molecular flexibility index (Phi) is 7.98. The molecule has 0 atom stereocenters. The van der Waals surface area contributed by atoms with E-state index in [-0.39, 0.29) is 12.5 Å². The number of thioether (sulfide) groups is 1. The molecule has 37 heavy (non-hydrogen) atoms. The van der Waals surface area contributed by atoms with Crippen molar-refractivity contribution in [1.29, 1.82) is 0 Å². The van der Waals surface area contributed by atoms with Gasteiger partial charge in [-0.1, -0.05) is 70.5 Å². The van der Waals surface area contributed by atoms with Crippen LogP contribution >= 0.6 is 27.7 Å². The van der Waals surface area contributed by atoms with E-state index in [0.717, 1.165) is 26.9 Å². The van der Waals surface area contributed by atoms with E-state index >= 15 is 0 Å². The molecule has 8 heteroatoms. The minimum atomic E-state index is -0.159. The first-order chi connectivity index (χ1) is 18.1. The highest BCUT2D eigenvalue weighted by atomic mass is 79.9. The molecule has 1 amide bonds. The summed E-state index contributed by atoms with van der Waals surface area (Å²) in [5.74, 6) is 1.23. The van der Waals surface area contributed by atoms with Gasteiger partial charge < -0.3 is 9.15 Å². The molecule has 1 fully saturated rings. The monoisotopic (exact) mass is 571 g/mol. The van der Waals surface area contributed by atoms with Crippen molar-refractivity contribution in [2.24, 2.45) is 10.2 Å². The van der Waals surface area contributed by atoms with E-state index < -0.39 is 0 Å².